The summed E-state index contributed by atoms with van der Waals surface area (Å²) in [5, 5.41) is 75.0. The third-order valence-corrected chi connectivity index (χ3v) is 8.65. The van der Waals surface area contributed by atoms with Gasteiger partial charge in [-0.05, 0) is 77.6 Å². The van der Waals surface area contributed by atoms with Crippen LogP contribution in [0.4, 0.5) is 0 Å². The Labute approximate surface area is 294 Å². The summed E-state index contributed by atoms with van der Waals surface area (Å²) < 4.78 is 11.0. The maximum absolute atomic E-state index is 12.9. The second-order valence-electron chi connectivity index (χ2n) is 12.9. The fourth-order valence-electron chi connectivity index (χ4n) is 5.46. The number of ether oxygens (including phenoxy) is 2. The maximum atomic E-state index is 12.9. The number of hydrogen-bond acceptors (Lipinski definition) is 10. The molecule has 11 heteroatoms. The van der Waals surface area contributed by atoms with Crippen molar-refractivity contribution in [1.82, 2.24) is 5.32 Å². The highest BCUT2D eigenvalue weighted by atomic mass is 16.7. The molecular weight excluding hydrogens is 630 g/mol. The van der Waals surface area contributed by atoms with Crippen LogP contribution >= 0.6 is 0 Å². The van der Waals surface area contributed by atoms with E-state index in [4.69, 9.17) is 9.47 Å². The van der Waals surface area contributed by atoms with E-state index in [2.05, 4.69) is 48.7 Å². The summed E-state index contributed by atoms with van der Waals surface area (Å²) >= 11 is 0. The Balaban J connectivity index is 2.65. The van der Waals surface area contributed by atoms with E-state index in [1.54, 1.807) is 0 Å². The first-order chi connectivity index (χ1) is 23.7. The lowest BCUT2D eigenvalue weighted by Gasteiger charge is -2.40. The highest BCUT2D eigenvalue weighted by Gasteiger charge is 2.44. The van der Waals surface area contributed by atoms with Crippen molar-refractivity contribution in [3.63, 3.8) is 0 Å². The topological polar surface area (TPSA) is 189 Å². The van der Waals surface area contributed by atoms with Crippen LogP contribution in [0.25, 0.3) is 0 Å². The van der Waals surface area contributed by atoms with Crippen LogP contribution in [0.2, 0.25) is 0 Å². The first kappa shape index (κ1) is 45.1. The van der Waals surface area contributed by atoms with Crippen molar-refractivity contribution in [3.8, 4) is 0 Å². The molecular formula is C38H67NO10. The van der Waals surface area contributed by atoms with Crippen molar-refractivity contribution in [2.45, 2.75) is 172 Å². The van der Waals surface area contributed by atoms with Gasteiger partial charge in [0.25, 0.3) is 0 Å². The predicted molar refractivity (Wildman–Crippen MR) is 191 cm³/mol. The Kier molecular flexibility index (Phi) is 26.4. The van der Waals surface area contributed by atoms with Crippen molar-refractivity contribution in [2.75, 3.05) is 13.2 Å². The molecule has 284 valence electrons. The van der Waals surface area contributed by atoms with Gasteiger partial charge in [0.1, 0.15) is 36.6 Å². The minimum Gasteiger partial charge on any atom is -0.394 e. The van der Waals surface area contributed by atoms with Gasteiger partial charge in [-0.15, -0.1) is 0 Å². The second-order valence-corrected chi connectivity index (χ2v) is 12.9. The number of unbranched alkanes of at least 4 members (excludes halogenated alkanes) is 9. The molecule has 49 heavy (non-hydrogen) atoms. The number of aliphatic hydroxyl groups excluding tert-OH is 7. The molecule has 0 bridgehead atoms. The van der Waals surface area contributed by atoms with Crippen molar-refractivity contribution < 1.29 is 50.0 Å². The molecule has 0 aromatic rings. The number of allylic oxidation sites excluding steroid dienone is 8. The van der Waals surface area contributed by atoms with Gasteiger partial charge in [0.2, 0.25) is 5.91 Å². The van der Waals surface area contributed by atoms with Gasteiger partial charge in [0.15, 0.2) is 6.29 Å². The fraction of sp³-hybridized carbons (Fsp3) is 0.763. The third kappa shape index (κ3) is 19.9. The van der Waals surface area contributed by atoms with Gasteiger partial charge in [-0.3, -0.25) is 4.79 Å². The van der Waals surface area contributed by atoms with E-state index in [1.165, 1.54) is 12.8 Å². The molecule has 1 heterocycles. The van der Waals surface area contributed by atoms with Gasteiger partial charge in [-0.1, -0.05) is 87.6 Å². The molecule has 0 aromatic carbocycles. The zero-order chi connectivity index (χ0) is 36.3. The molecule has 0 radical (unpaired) electrons. The number of carbonyl (C=O) groups is 1. The van der Waals surface area contributed by atoms with Crippen molar-refractivity contribution in [2.24, 2.45) is 0 Å². The van der Waals surface area contributed by atoms with E-state index in [1.807, 2.05) is 19.1 Å². The number of aliphatic hydroxyl groups is 7. The molecule has 0 spiro atoms. The zero-order valence-electron chi connectivity index (χ0n) is 29.9. The van der Waals surface area contributed by atoms with Gasteiger partial charge in [-0.2, -0.15) is 0 Å². The Morgan fingerprint density at radius 2 is 1.31 bits per heavy atom. The van der Waals surface area contributed by atoms with E-state index >= 15 is 0 Å². The lowest BCUT2D eigenvalue weighted by Crippen LogP contribution is -2.60. The zero-order valence-corrected chi connectivity index (χ0v) is 29.9. The lowest BCUT2D eigenvalue weighted by molar-refractivity contribution is -0.303. The SMILES string of the molecule is C/C=C/CC/C=C/CC/C=C/CCCC(O)C(O)C(COC1OC(CO)C(O)C(O)C1O)NC(=O)C(O)CCCCCC/C=C\CCCC. The van der Waals surface area contributed by atoms with Crippen LogP contribution in [0.15, 0.2) is 48.6 Å². The Bertz CT molecular complexity index is 939. The summed E-state index contributed by atoms with van der Waals surface area (Å²) in [5.41, 5.74) is 0. The first-order valence-corrected chi connectivity index (χ1v) is 18.5. The Morgan fingerprint density at radius 3 is 1.92 bits per heavy atom. The molecule has 1 fully saturated rings. The molecule has 9 atom stereocenters. The van der Waals surface area contributed by atoms with Crippen LogP contribution in [0.3, 0.4) is 0 Å². The predicted octanol–water partition coefficient (Wildman–Crippen LogP) is 3.88. The number of nitrogens with one attached hydrogen (secondary N) is 1. The molecule has 1 rings (SSSR count). The quantitative estimate of drug-likeness (QED) is 0.0440. The van der Waals surface area contributed by atoms with Crippen LogP contribution in [-0.4, -0.2) is 110 Å². The highest BCUT2D eigenvalue weighted by molar-refractivity contribution is 5.80. The maximum Gasteiger partial charge on any atom is 0.249 e. The van der Waals surface area contributed by atoms with Crippen molar-refractivity contribution >= 4 is 5.91 Å². The summed E-state index contributed by atoms with van der Waals surface area (Å²) in [6, 6.07) is -1.20. The van der Waals surface area contributed by atoms with E-state index in [-0.39, 0.29) is 12.8 Å². The molecule has 1 amide bonds. The van der Waals surface area contributed by atoms with Gasteiger partial charge in [0.05, 0.1) is 25.4 Å². The Morgan fingerprint density at radius 1 is 0.735 bits per heavy atom. The smallest absolute Gasteiger partial charge is 0.249 e. The highest BCUT2D eigenvalue weighted by Crippen LogP contribution is 2.23. The summed E-state index contributed by atoms with van der Waals surface area (Å²) in [5.74, 6) is -0.730. The lowest BCUT2D eigenvalue weighted by atomic mass is 9.98. The summed E-state index contributed by atoms with van der Waals surface area (Å²) in [4.78, 5) is 12.9. The molecule has 9 unspecified atom stereocenters. The van der Waals surface area contributed by atoms with E-state index in [9.17, 15) is 40.5 Å². The van der Waals surface area contributed by atoms with E-state index in [0.29, 0.717) is 19.3 Å². The van der Waals surface area contributed by atoms with Crippen molar-refractivity contribution in [1.29, 1.82) is 0 Å². The normalized spacial score (nSPS) is 24.3. The molecule has 0 saturated carbocycles. The molecule has 0 aromatic heterocycles. The number of amides is 1. The standard InChI is InChI=1S/C38H67NO10/c1-3-5-7-9-11-13-15-16-18-19-21-23-25-30(41)33(43)29(28-48-38-36(46)35(45)34(44)32(27-40)49-38)39-37(47)31(42)26-24-22-20-17-14-12-10-8-6-4-2/h3,5,10-13,18-19,29-36,38,40-46H,4,6-9,14-17,20-28H2,1-2H3,(H,39,47)/b5-3+,12-10-,13-11+,19-18+. The largest absolute Gasteiger partial charge is 0.394 e. The van der Waals surface area contributed by atoms with Gasteiger partial charge in [0, 0.05) is 0 Å². The minimum absolute atomic E-state index is 0.232. The summed E-state index contributed by atoms with van der Waals surface area (Å²) in [6.45, 7) is 3.09. The van der Waals surface area contributed by atoms with Gasteiger partial charge >= 0.3 is 0 Å². The van der Waals surface area contributed by atoms with Gasteiger partial charge in [-0.25, -0.2) is 0 Å². The van der Waals surface area contributed by atoms with E-state index in [0.717, 1.165) is 57.8 Å². The molecule has 1 aliphatic heterocycles. The van der Waals surface area contributed by atoms with Gasteiger partial charge < -0.3 is 50.5 Å². The summed E-state index contributed by atoms with van der Waals surface area (Å²) in [7, 11) is 0. The van der Waals surface area contributed by atoms with Crippen LogP contribution in [0.5, 0.6) is 0 Å². The monoisotopic (exact) mass is 697 g/mol. The van der Waals surface area contributed by atoms with Crippen LogP contribution in [0.1, 0.15) is 117 Å². The van der Waals surface area contributed by atoms with Crippen molar-refractivity contribution in [3.05, 3.63) is 48.6 Å². The average Bonchev–Trinajstić information content (AvgIpc) is 3.10. The molecule has 11 nitrogen and oxygen atoms in total. The van der Waals surface area contributed by atoms with E-state index < -0.39 is 74.2 Å². The average molecular weight is 698 g/mol. The van der Waals surface area contributed by atoms with Crippen LogP contribution in [0, 0.1) is 0 Å². The molecule has 0 aliphatic carbocycles. The molecule has 8 N–H and O–H groups in total. The molecule has 1 saturated heterocycles. The molecule has 1 aliphatic rings. The minimum atomic E-state index is -1.67. The van der Waals surface area contributed by atoms with Crippen LogP contribution in [-0.2, 0) is 14.3 Å². The second kappa shape index (κ2) is 28.7. The Hall–Kier alpha value is -1.93. The number of carbonyl (C=O) groups excluding carboxylic acids is 1. The number of rotatable bonds is 28. The summed E-state index contributed by atoms with van der Waals surface area (Å²) in [6.07, 6.45) is 19.1. The third-order valence-electron chi connectivity index (χ3n) is 8.65. The first-order valence-electron chi connectivity index (χ1n) is 18.5. The number of hydrogen-bond donors (Lipinski definition) is 8. The fourth-order valence-corrected chi connectivity index (χ4v) is 5.46. The van der Waals surface area contributed by atoms with Crippen LogP contribution < -0.4 is 5.32 Å².